The van der Waals surface area contributed by atoms with E-state index in [9.17, 15) is 34.5 Å². The molecule has 0 saturated heterocycles. The quantitative estimate of drug-likeness (QED) is 0.0685. The third kappa shape index (κ3) is 8.63. The fourth-order valence-corrected chi connectivity index (χ4v) is 6.47. The van der Waals surface area contributed by atoms with E-state index in [-0.39, 0.29) is 52.2 Å². The van der Waals surface area contributed by atoms with Crippen LogP contribution in [0.1, 0.15) is 44.1 Å². The number of carbonyl (C=O) groups is 2. The SMILES string of the molecule is COC(=O)c1cccc2[nH]c(-c3c(NC[C@@H](O)c4ccccc4)cc[nH]c3=O)nc12.O=C(O)c1cccc2[nH]c(-c3c(NC[C@@H](O)c4ccccc4)cc[nH]c3=O)nc12. The highest BCUT2D eigenvalue weighted by Crippen LogP contribution is 2.28. The van der Waals surface area contributed by atoms with Gasteiger partial charge >= 0.3 is 11.9 Å². The van der Waals surface area contributed by atoms with Gasteiger partial charge in [0.25, 0.3) is 11.1 Å². The van der Waals surface area contributed by atoms with E-state index >= 15 is 0 Å². The van der Waals surface area contributed by atoms with Crippen molar-refractivity contribution in [2.75, 3.05) is 30.8 Å². The molecular weight excluding hydrogens is 757 g/mol. The lowest BCUT2D eigenvalue weighted by atomic mass is 10.1. The van der Waals surface area contributed by atoms with Crippen LogP contribution in [0, 0.1) is 0 Å². The molecule has 0 bridgehead atoms. The molecule has 2 atom stereocenters. The monoisotopic (exact) mass is 794 g/mol. The molecule has 0 amide bonds. The molecule has 8 aromatic rings. The molecule has 16 heteroatoms. The van der Waals surface area contributed by atoms with Gasteiger partial charge < -0.3 is 50.6 Å². The molecule has 0 aliphatic heterocycles. The van der Waals surface area contributed by atoms with E-state index in [1.807, 2.05) is 60.7 Å². The number of pyridine rings is 2. The van der Waals surface area contributed by atoms with Gasteiger partial charge in [-0.3, -0.25) is 9.59 Å². The molecular formula is C43H38N8O8. The number of H-pyrrole nitrogens is 4. The number of hydrogen-bond donors (Lipinski definition) is 9. The molecule has 298 valence electrons. The summed E-state index contributed by atoms with van der Waals surface area (Å²) in [5.74, 6) is -1.06. The molecule has 0 fully saturated rings. The molecule has 4 aromatic carbocycles. The normalized spacial score (nSPS) is 12.0. The second-order valence-electron chi connectivity index (χ2n) is 13.2. The number of carboxylic acids is 1. The summed E-state index contributed by atoms with van der Waals surface area (Å²) in [6.45, 7) is 0.384. The molecule has 0 aliphatic carbocycles. The number of para-hydroxylation sites is 2. The number of aliphatic hydroxyl groups excluding tert-OH is 2. The van der Waals surface area contributed by atoms with Crippen LogP contribution in [-0.2, 0) is 4.74 Å². The number of rotatable bonds is 12. The van der Waals surface area contributed by atoms with Gasteiger partial charge in [0.05, 0.1) is 52.9 Å². The third-order valence-corrected chi connectivity index (χ3v) is 9.40. The first kappa shape index (κ1) is 39.4. The highest BCUT2D eigenvalue weighted by Gasteiger charge is 2.20. The number of esters is 1. The second kappa shape index (κ2) is 17.5. The Morgan fingerprint density at radius 3 is 1.51 bits per heavy atom. The van der Waals surface area contributed by atoms with Crippen LogP contribution < -0.4 is 21.8 Å². The summed E-state index contributed by atoms with van der Waals surface area (Å²) < 4.78 is 4.81. The van der Waals surface area contributed by atoms with Crippen LogP contribution in [0.5, 0.6) is 0 Å². The summed E-state index contributed by atoms with van der Waals surface area (Å²) in [5, 5.41) is 36.4. The molecule has 8 rings (SSSR count). The second-order valence-corrected chi connectivity index (χ2v) is 13.2. The highest BCUT2D eigenvalue weighted by molar-refractivity contribution is 6.03. The van der Waals surface area contributed by atoms with Crippen molar-refractivity contribution in [1.29, 1.82) is 0 Å². The number of carboxylic acid groups (broad SMARTS) is 1. The number of anilines is 2. The topological polar surface area (TPSA) is 251 Å². The van der Waals surface area contributed by atoms with Crippen LogP contribution in [0.3, 0.4) is 0 Å². The van der Waals surface area contributed by atoms with Crippen molar-refractivity contribution in [1.82, 2.24) is 29.9 Å². The lowest BCUT2D eigenvalue weighted by Crippen LogP contribution is -2.17. The van der Waals surface area contributed by atoms with Gasteiger partial charge in [-0.2, -0.15) is 0 Å². The van der Waals surface area contributed by atoms with Gasteiger partial charge in [0, 0.05) is 25.5 Å². The lowest BCUT2D eigenvalue weighted by molar-refractivity contribution is 0.0601. The van der Waals surface area contributed by atoms with Gasteiger partial charge in [-0.1, -0.05) is 72.8 Å². The first-order valence-electron chi connectivity index (χ1n) is 18.3. The summed E-state index contributed by atoms with van der Waals surface area (Å²) >= 11 is 0. The number of benzene rings is 4. The number of aromatic carboxylic acids is 1. The van der Waals surface area contributed by atoms with Crippen LogP contribution in [0.15, 0.2) is 131 Å². The zero-order chi connectivity index (χ0) is 41.5. The fourth-order valence-electron chi connectivity index (χ4n) is 6.47. The van der Waals surface area contributed by atoms with Crippen molar-refractivity contribution < 1.29 is 29.6 Å². The smallest absolute Gasteiger partial charge is 0.340 e. The summed E-state index contributed by atoms with van der Waals surface area (Å²) in [4.78, 5) is 68.8. The highest BCUT2D eigenvalue weighted by atomic mass is 16.5. The zero-order valence-electron chi connectivity index (χ0n) is 31.4. The van der Waals surface area contributed by atoms with Crippen molar-refractivity contribution in [3.8, 4) is 22.8 Å². The standard InChI is InChI=1S/C22H20N4O4.C21H18N4O4/c1-30-22(29)14-8-5-9-16-19(14)26-20(25-16)18-15(10-11-23-21(18)28)24-12-17(27)13-6-3-2-4-7-13;26-16(12-5-2-1-3-6-12)11-23-14-9-10-22-20(27)17(14)19-24-15-8-4-7-13(21(28)29)18(15)25-19/h2-11,17,27H,12H2,1H3,(H,25,26)(H2,23,24,28);1-10,16,26H,11H2,(H,24,25)(H,28,29)(H2,22,23,27)/t17-;16-/m11/s1. The fraction of sp³-hybridized carbons (Fsp3) is 0.116. The Balaban J connectivity index is 0.000000179. The van der Waals surface area contributed by atoms with E-state index in [1.54, 1.807) is 42.5 Å². The number of hydrogen-bond acceptors (Lipinski definition) is 11. The minimum absolute atomic E-state index is 0.0476. The van der Waals surface area contributed by atoms with Gasteiger partial charge in [0.1, 0.15) is 33.8 Å². The molecule has 0 aliphatic rings. The number of aromatic amines is 4. The maximum atomic E-state index is 12.6. The van der Waals surface area contributed by atoms with Gasteiger partial charge in [0.2, 0.25) is 0 Å². The van der Waals surface area contributed by atoms with E-state index in [4.69, 9.17) is 4.74 Å². The minimum atomic E-state index is -1.10. The summed E-state index contributed by atoms with van der Waals surface area (Å²) in [5.41, 5.74) is 4.43. The molecule has 0 spiro atoms. The molecule has 4 heterocycles. The molecule has 0 unspecified atom stereocenters. The van der Waals surface area contributed by atoms with Crippen molar-refractivity contribution in [3.05, 3.63) is 165 Å². The van der Waals surface area contributed by atoms with Crippen LogP contribution >= 0.6 is 0 Å². The van der Waals surface area contributed by atoms with Gasteiger partial charge in [0.15, 0.2) is 0 Å². The van der Waals surface area contributed by atoms with Crippen molar-refractivity contribution in [2.45, 2.75) is 12.2 Å². The maximum Gasteiger partial charge on any atom is 0.340 e. The molecule has 9 N–H and O–H groups in total. The number of aromatic nitrogens is 6. The Labute approximate surface area is 334 Å². The van der Waals surface area contributed by atoms with E-state index in [2.05, 4.69) is 40.5 Å². The van der Waals surface area contributed by atoms with Crippen LogP contribution in [0.2, 0.25) is 0 Å². The summed E-state index contributed by atoms with van der Waals surface area (Å²) in [6, 6.07) is 31.6. The Kier molecular flexibility index (Phi) is 11.7. The molecule has 4 aromatic heterocycles. The minimum Gasteiger partial charge on any atom is -0.478 e. The van der Waals surface area contributed by atoms with Crippen molar-refractivity contribution in [2.24, 2.45) is 0 Å². The number of fused-ring (bicyclic) bond motifs is 2. The predicted octanol–water partition coefficient (Wildman–Crippen LogP) is 5.61. The summed E-state index contributed by atoms with van der Waals surface area (Å²) in [7, 11) is 1.30. The number of imidazole rings is 2. The molecule has 59 heavy (non-hydrogen) atoms. The molecule has 0 saturated carbocycles. The van der Waals surface area contributed by atoms with Crippen LogP contribution in [0.25, 0.3) is 44.8 Å². The van der Waals surface area contributed by atoms with Gasteiger partial charge in [-0.25, -0.2) is 19.6 Å². The van der Waals surface area contributed by atoms with E-state index in [1.165, 1.54) is 25.6 Å². The van der Waals surface area contributed by atoms with E-state index in [0.29, 0.717) is 39.3 Å². The average Bonchev–Trinajstić information content (AvgIpc) is 3.90. The predicted molar refractivity (Wildman–Crippen MR) is 222 cm³/mol. The van der Waals surface area contributed by atoms with Gasteiger partial charge in [-0.15, -0.1) is 0 Å². The van der Waals surface area contributed by atoms with Crippen LogP contribution in [-0.4, -0.2) is 77.4 Å². The Bertz CT molecular complexity index is 2870. The molecule has 0 radical (unpaired) electrons. The van der Waals surface area contributed by atoms with Crippen molar-refractivity contribution in [3.63, 3.8) is 0 Å². The largest absolute Gasteiger partial charge is 0.478 e. The Morgan fingerprint density at radius 1 is 0.627 bits per heavy atom. The maximum absolute atomic E-state index is 12.6. The Morgan fingerprint density at radius 2 is 1.07 bits per heavy atom. The Hall–Kier alpha value is -7.82. The number of aliphatic hydroxyl groups is 2. The third-order valence-electron chi connectivity index (χ3n) is 9.40. The zero-order valence-corrected chi connectivity index (χ0v) is 31.4. The number of nitrogens with zero attached hydrogens (tertiary/aromatic N) is 2. The summed E-state index contributed by atoms with van der Waals surface area (Å²) in [6.07, 6.45) is 1.50. The van der Waals surface area contributed by atoms with E-state index < -0.39 is 24.1 Å². The first-order valence-corrected chi connectivity index (χ1v) is 18.3. The molecule has 16 nitrogen and oxygen atoms in total. The first-order chi connectivity index (χ1) is 28.6. The lowest BCUT2D eigenvalue weighted by Gasteiger charge is -2.14. The number of nitrogens with one attached hydrogen (secondary N) is 6. The number of carbonyl (C=O) groups excluding carboxylic acids is 1. The van der Waals surface area contributed by atoms with Crippen molar-refractivity contribution >= 4 is 45.4 Å². The average molecular weight is 795 g/mol. The number of ether oxygens (including phenoxy) is 1. The van der Waals surface area contributed by atoms with Crippen LogP contribution in [0.4, 0.5) is 11.4 Å². The van der Waals surface area contributed by atoms with E-state index in [0.717, 1.165) is 11.1 Å². The number of methoxy groups -OCH3 is 1. The van der Waals surface area contributed by atoms with Gasteiger partial charge in [-0.05, 0) is 47.5 Å².